The standard InChI is InChI=1S/C24H17N5O2/c25-23-29-24(14-30-23)18-11-15(16-3-1-9-26-12-16)5-7-20(18)31-21-8-6-19(28-22(21)24)17-4-2-10-27-13-17/h1-13H,14H2,(H2,25,29). The van der Waals surface area contributed by atoms with Gasteiger partial charge in [-0.05, 0) is 48.0 Å². The number of aliphatic imine (C=N–C) groups is 1. The lowest BCUT2D eigenvalue weighted by Gasteiger charge is -2.33. The van der Waals surface area contributed by atoms with Crippen LogP contribution in [0, 0.1) is 0 Å². The fraction of sp³-hybridized carbons (Fsp3) is 0.0833. The van der Waals surface area contributed by atoms with Gasteiger partial charge in [0.15, 0.2) is 11.3 Å². The molecule has 0 fully saturated rings. The van der Waals surface area contributed by atoms with Gasteiger partial charge in [0.25, 0.3) is 6.02 Å². The van der Waals surface area contributed by atoms with E-state index in [9.17, 15) is 0 Å². The maximum absolute atomic E-state index is 6.22. The average molecular weight is 407 g/mol. The zero-order valence-electron chi connectivity index (χ0n) is 16.4. The molecule has 7 nitrogen and oxygen atoms in total. The van der Waals surface area contributed by atoms with Crippen LogP contribution in [0.4, 0.5) is 0 Å². The number of hydrogen-bond donors (Lipinski definition) is 1. The zero-order chi connectivity index (χ0) is 20.8. The number of fused-ring (bicyclic) bond motifs is 4. The van der Waals surface area contributed by atoms with Crippen LogP contribution in [-0.2, 0) is 10.3 Å². The summed E-state index contributed by atoms with van der Waals surface area (Å²) >= 11 is 0. The van der Waals surface area contributed by atoms with Gasteiger partial charge in [-0.2, -0.15) is 0 Å². The molecular weight excluding hydrogens is 390 g/mol. The van der Waals surface area contributed by atoms with Crippen LogP contribution in [0.25, 0.3) is 22.4 Å². The van der Waals surface area contributed by atoms with Gasteiger partial charge in [0.05, 0.1) is 5.69 Å². The van der Waals surface area contributed by atoms with Crippen LogP contribution in [0.15, 0.2) is 84.4 Å². The van der Waals surface area contributed by atoms with Gasteiger partial charge in [-0.3, -0.25) is 9.97 Å². The summed E-state index contributed by atoms with van der Waals surface area (Å²) in [7, 11) is 0. The van der Waals surface area contributed by atoms with E-state index in [1.165, 1.54) is 0 Å². The van der Waals surface area contributed by atoms with Crippen LogP contribution in [0.3, 0.4) is 0 Å². The van der Waals surface area contributed by atoms with Crippen LogP contribution >= 0.6 is 0 Å². The van der Waals surface area contributed by atoms with E-state index in [1.807, 2.05) is 54.7 Å². The topological polar surface area (TPSA) is 95.5 Å². The minimum atomic E-state index is -0.885. The molecule has 0 saturated heterocycles. The molecule has 2 aliphatic heterocycles. The van der Waals surface area contributed by atoms with E-state index in [1.54, 1.807) is 18.6 Å². The van der Waals surface area contributed by atoms with Gasteiger partial charge in [-0.1, -0.05) is 12.1 Å². The molecule has 1 spiro atoms. The molecular formula is C24H17N5O2. The molecule has 150 valence electrons. The molecule has 5 heterocycles. The summed E-state index contributed by atoms with van der Waals surface area (Å²) in [4.78, 5) is 18.1. The predicted molar refractivity (Wildman–Crippen MR) is 116 cm³/mol. The van der Waals surface area contributed by atoms with E-state index in [0.29, 0.717) is 17.2 Å². The summed E-state index contributed by atoms with van der Waals surface area (Å²) in [5.74, 6) is 1.34. The van der Waals surface area contributed by atoms with Gasteiger partial charge in [-0.15, -0.1) is 0 Å². The second-order valence-corrected chi connectivity index (χ2v) is 7.44. The Morgan fingerprint density at radius 1 is 0.839 bits per heavy atom. The summed E-state index contributed by atoms with van der Waals surface area (Å²) in [6.45, 7) is 0.252. The molecule has 0 aliphatic carbocycles. The van der Waals surface area contributed by atoms with Gasteiger partial charge in [0, 0.05) is 41.5 Å². The lowest BCUT2D eigenvalue weighted by Crippen LogP contribution is -2.32. The number of rotatable bonds is 2. The van der Waals surface area contributed by atoms with E-state index >= 15 is 0 Å². The molecule has 0 saturated carbocycles. The molecule has 1 aromatic carbocycles. The van der Waals surface area contributed by atoms with Gasteiger partial charge < -0.3 is 15.2 Å². The van der Waals surface area contributed by atoms with E-state index in [2.05, 4.69) is 16.0 Å². The maximum atomic E-state index is 6.22. The van der Waals surface area contributed by atoms with Crippen molar-refractivity contribution in [2.24, 2.45) is 10.7 Å². The van der Waals surface area contributed by atoms with Gasteiger partial charge in [0.1, 0.15) is 18.1 Å². The minimum absolute atomic E-state index is 0.138. The first-order chi connectivity index (χ1) is 15.2. The van der Waals surface area contributed by atoms with Gasteiger partial charge >= 0.3 is 0 Å². The highest BCUT2D eigenvalue weighted by Gasteiger charge is 2.48. The molecule has 0 radical (unpaired) electrons. The predicted octanol–water partition coefficient (Wildman–Crippen LogP) is 3.90. The lowest BCUT2D eigenvalue weighted by molar-refractivity contribution is 0.260. The molecule has 2 aliphatic rings. The average Bonchev–Trinajstić information content (AvgIpc) is 3.22. The van der Waals surface area contributed by atoms with Gasteiger partial charge in [0.2, 0.25) is 0 Å². The molecule has 1 unspecified atom stereocenters. The van der Waals surface area contributed by atoms with Crippen molar-refractivity contribution in [3.8, 4) is 33.9 Å². The quantitative estimate of drug-likeness (QED) is 0.541. The molecule has 0 amide bonds. The Balaban J connectivity index is 1.56. The van der Waals surface area contributed by atoms with Crippen molar-refractivity contribution in [3.05, 3.63) is 90.6 Å². The smallest absolute Gasteiger partial charge is 0.283 e. The number of amidine groups is 1. The molecule has 0 bridgehead atoms. The minimum Gasteiger partial charge on any atom is -0.462 e. The summed E-state index contributed by atoms with van der Waals surface area (Å²) in [5.41, 5.74) is 10.3. The number of hydrogen-bond acceptors (Lipinski definition) is 7. The van der Waals surface area contributed by atoms with Crippen molar-refractivity contribution in [1.29, 1.82) is 0 Å². The SMILES string of the molecule is NC1=NC2(CO1)c1cc(-c3cccnc3)ccc1Oc1ccc(-c3cccnc3)nc12. The third-order valence-corrected chi connectivity index (χ3v) is 5.58. The van der Waals surface area contributed by atoms with Crippen LogP contribution < -0.4 is 10.5 Å². The fourth-order valence-corrected chi connectivity index (χ4v) is 4.09. The first-order valence-corrected chi connectivity index (χ1v) is 9.86. The highest BCUT2D eigenvalue weighted by atomic mass is 16.5. The van der Waals surface area contributed by atoms with Crippen LogP contribution in [0.2, 0.25) is 0 Å². The van der Waals surface area contributed by atoms with Crippen molar-refractivity contribution in [2.75, 3.05) is 6.61 Å². The second-order valence-electron chi connectivity index (χ2n) is 7.44. The third kappa shape index (κ3) is 2.74. The van der Waals surface area contributed by atoms with Crippen molar-refractivity contribution < 1.29 is 9.47 Å². The highest BCUT2D eigenvalue weighted by Crippen LogP contribution is 2.51. The van der Waals surface area contributed by atoms with Crippen LogP contribution in [0.5, 0.6) is 11.5 Å². The Kier molecular flexibility index (Phi) is 3.76. The number of pyridine rings is 3. The Hall–Kier alpha value is -4.26. The largest absolute Gasteiger partial charge is 0.462 e. The summed E-state index contributed by atoms with van der Waals surface area (Å²) in [6, 6.07) is 17.8. The first kappa shape index (κ1) is 17.6. The third-order valence-electron chi connectivity index (χ3n) is 5.58. The monoisotopic (exact) mass is 407 g/mol. The van der Waals surface area contributed by atoms with Crippen molar-refractivity contribution in [1.82, 2.24) is 15.0 Å². The van der Waals surface area contributed by atoms with E-state index in [0.717, 1.165) is 27.9 Å². The molecule has 7 heteroatoms. The lowest BCUT2D eigenvalue weighted by atomic mass is 9.83. The highest BCUT2D eigenvalue weighted by molar-refractivity contribution is 5.77. The number of nitrogens with zero attached hydrogens (tertiary/aromatic N) is 4. The van der Waals surface area contributed by atoms with E-state index in [-0.39, 0.29) is 12.6 Å². The molecule has 31 heavy (non-hydrogen) atoms. The summed E-state index contributed by atoms with van der Waals surface area (Å²) in [6.07, 6.45) is 7.09. The first-order valence-electron chi connectivity index (χ1n) is 9.86. The number of benzene rings is 1. The molecule has 3 aromatic heterocycles. The molecule has 4 aromatic rings. The Bertz CT molecular complexity index is 1230. The normalized spacial score (nSPS) is 18.5. The Morgan fingerprint density at radius 2 is 1.61 bits per heavy atom. The number of nitrogens with two attached hydrogens (primary N) is 1. The summed E-state index contributed by atoms with van der Waals surface area (Å²) in [5, 5.41) is 0. The summed E-state index contributed by atoms with van der Waals surface area (Å²) < 4.78 is 11.9. The molecule has 1 atom stereocenters. The van der Waals surface area contributed by atoms with Crippen LogP contribution in [0.1, 0.15) is 11.3 Å². The maximum Gasteiger partial charge on any atom is 0.283 e. The second kappa shape index (κ2) is 6.63. The van der Waals surface area contributed by atoms with Crippen molar-refractivity contribution >= 4 is 6.02 Å². The number of aromatic nitrogens is 3. The number of ether oxygens (including phenoxy) is 2. The van der Waals surface area contributed by atoms with E-state index in [4.69, 9.17) is 25.2 Å². The molecule has 6 rings (SSSR count). The Morgan fingerprint density at radius 3 is 2.32 bits per heavy atom. The van der Waals surface area contributed by atoms with Crippen LogP contribution in [-0.4, -0.2) is 27.6 Å². The van der Waals surface area contributed by atoms with Crippen molar-refractivity contribution in [3.63, 3.8) is 0 Å². The van der Waals surface area contributed by atoms with Gasteiger partial charge in [-0.25, -0.2) is 9.98 Å². The fourth-order valence-electron chi connectivity index (χ4n) is 4.09. The zero-order valence-corrected chi connectivity index (χ0v) is 16.4. The van der Waals surface area contributed by atoms with Crippen molar-refractivity contribution in [2.45, 2.75) is 5.54 Å². The molecule has 2 N–H and O–H groups in total. The Labute approximate surface area is 178 Å². The van der Waals surface area contributed by atoms with E-state index < -0.39 is 5.54 Å².